The average molecular weight is 370 g/mol. The van der Waals surface area contributed by atoms with Gasteiger partial charge in [-0.3, -0.25) is 9.52 Å². The molecule has 0 radical (unpaired) electrons. The highest BCUT2D eigenvalue weighted by molar-refractivity contribution is 7.92. The summed E-state index contributed by atoms with van der Waals surface area (Å²) in [7, 11) is -3.72. The Labute approximate surface area is 154 Å². The number of rotatable bonds is 6. The Morgan fingerprint density at radius 2 is 1.77 bits per heavy atom. The van der Waals surface area contributed by atoms with Crippen molar-refractivity contribution in [2.45, 2.75) is 31.1 Å². The van der Waals surface area contributed by atoms with Gasteiger partial charge in [-0.15, -0.1) is 0 Å². The van der Waals surface area contributed by atoms with E-state index in [0.29, 0.717) is 17.8 Å². The molecule has 136 valence electrons. The summed E-state index contributed by atoms with van der Waals surface area (Å²) in [4.78, 5) is 12.5. The second kappa shape index (κ2) is 7.74. The van der Waals surface area contributed by atoms with Gasteiger partial charge in [-0.05, 0) is 49.9 Å². The van der Waals surface area contributed by atoms with Crippen LogP contribution in [0.1, 0.15) is 24.8 Å². The van der Waals surface area contributed by atoms with Gasteiger partial charge in [-0.2, -0.15) is 0 Å². The Bertz CT molecular complexity index is 918. The van der Waals surface area contributed by atoms with Gasteiger partial charge in [0.15, 0.2) is 0 Å². The number of anilines is 2. The van der Waals surface area contributed by atoms with Gasteiger partial charge in [0.2, 0.25) is 5.91 Å². The third-order valence-corrected chi connectivity index (χ3v) is 5.72. The number of benzene rings is 2. The van der Waals surface area contributed by atoms with Crippen molar-refractivity contribution in [3.05, 3.63) is 66.2 Å². The summed E-state index contributed by atoms with van der Waals surface area (Å²) in [5.41, 5.74) is 1.79. The quantitative estimate of drug-likeness (QED) is 0.752. The Kier molecular flexibility index (Phi) is 5.42. The number of nitrogens with one attached hydrogen (secondary N) is 2. The van der Waals surface area contributed by atoms with Crippen LogP contribution < -0.4 is 10.0 Å². The molecule has 1 aliphatic rings. The van der Waals surface area contributed by atoms with Crippen LogP contribution in [0.5, 0.6) is 0 Å². The van der Waals surface area contributed by atoms with E-state index in [4.69, 9.17) is 0 Å². The zero-order valence-corrected chi connectivity index (χ0v) is 15.4. The minimum absolute atomic E-state index is 0.122. The van der Waals surface area contributed by atoms with Crippen LogP contribution in [0.25, 0.3) is 0 Å². The Morgan fingerprint density at radius 3 is 2.42 bits per heavy atom. The van der Waals surface area contributed by atoms with E-state index in [2.05, 4.69) is 22.2 Å². The van der Waals surface area contributed by atoms with E-state index in [1.165, 1.54) is 0 Å². The molecule has 0 saturated carbocycles. The number of aryl methyl sites for hydroxylation is 1. The second-order valence-corrected chi connectivity index (χ2v) is 8.16. The number of amides is 1. The highest BCUT2D eigenvalue weighted by Crippen LogP contribution is 2.26. The van der Waals surface area contributed by atoms with Crippen LogP contribution in [0.15, 0.2) is 65.6 Å². The number of hydrogen-bond donors (Lipinski definition) is 2. The fraction of sp³-hybridized carbons (Fsp3) is 0.250. The molecule has 1 amide bonds. The number of sulfonamides is 1. The summed E-state index contributed by atoms with van der Waals surface area (Å²) >= 11 is 0. The molecule has 3 rings (SSSR count). The van der Waals surface area contributed by atoms with E-state index >= 15 is 0 Å². The molecular formula is C20H22N2O3S. The van der Waals surface area contributed by atoms with Gasteiger partial charge in [0.1, 0.15) is 0 Å². The highest BCUT2D eigenvalue weighted by Gasteiger charge is 2.18. The molecule has 6 heteroatoms. The normalized spacial score (nSPS) is 16.4. The van der Waals surface area contributed by atoms with Gasteiger partial charge in [0.25, 0.3) is 10.0 Å². The predicted octanol–water partition coefficient (Wildman–Crippen LogP) is 4.09. The predicted molar refractivity (Wildman–Crippen MR) is 104 cm³/mol. The Balaban J connectivity index is 1.75. The molecule has 5 nitrogen and oxygen atoms in total. The van der Waals surface area contributed by atoms with Crippen LogP contribution in [0.4, 0.5) is 11.4 Å². The summed E-state index contributed by atoms with van der Waals surface area (Å²) in [6.07, 6.45) is 6.53. The number of carbonyl (C=O) groups is 1. The summed E-state index contributed by atoms with van der Waals surface area (Å²) < 4.78 is 27.8. The molecule has 0 aromatic heterocycles. The van der Waals surface area contributed by atoms with Gasteiger partial charge in [-0.1, -0.05) is 42.0 Å². The lowest BCUT2D eigenvalue weighted by molar-refractivity contribution is -0.116. The van der Waals surface area contributed by atoms with Crippen molar-refractivity contribution >= 4 is 27.3 Å². The molecule has 1 atom stereocenters. The summed E-state index contributed by atoms with van der Waals surface area (Å²) in [5, 5.41) is 2.82. The van der Waals surface area contributed by atoms with Crippen LogP contribution in [0.3, 0.4) is 0 Å². The first-order valence-electron chi connectivity index (χ1n) is 8.59. The summed E-state index contributed by atoms with van der Waals surface area (Å²) in [6, 6.07) is 13.4. The van der Waals surface area contributed by atoms with Crippen LogP contribution in [-0.4, -0.2) is 14.3 Å². The molecule has 0 spiro atoms. The maximum absolute atomic E-state index is 12.6. The lowest BCUT2D eigenvalue weighted by atomic mass is 10.1. The standard InChI is InChI=1S/C20H22N2O3S/c1-15-10-12-17(13-11-15)26(24,25)22-19-9-5-4-8-18(19)21-20(23)14-16-6-2-3-7-16/h2,4-6,8-13,16,22H,3,7,14H2,1H3,(H,21,23). The van der Waals surface area contributed by atoms with E-state index < -0.39 is 10.0 Å². The Morgan fingerprint density at radius 1 is 1.08 bits per heavy atom. The van der Waals surface area contributed by atoms with Gasteiger partial charge < -0.3 is 5.32 Å². The lowest BCUT2D eigenvalue weighted by Gasteiger charge is -2.14. The molecule has 0 aliphatic heterocycles. The highest BCUT2D eigenvalue weighted by atomic mass is 32.2. The fourth-order valence-electron chi connectivity index (χ4n) is 2.91. The first-order valence-corrected chi connectivity index (χ1v) is 10.1. The maximum Gasteiger partial charge on any atom is 0.261 e. The Hall–Kier alpha value is -2.60. The third-order valence-electron chi connectivity index (χ3n) is 4.34. The molecule has 2 aromatic carbocycles. The fourth-order valence-corrected chi connectivity index (χ4v) is 3.99. The van der Waals surface area contributed by atoms with Crippen molar-refractivity contribution in [3.63, 3.8) is 0 Å². The number of para-hydroxylation sites is 2. The molecule has 2 aromatic rings. The molecule has 0 saturated heterocycles. The van der Waals surface area contributed by atoms with Crippen LogP contribution in [0, 0.1) is 12.8 Å². The van der Waals surface area contributed by atoms with Gasteiger partial charge in [0, 0.05) is 6.42 Å². The monoisotopic (exact) mass is 370 g/mol. The van der Waals surface area contributed by atoms with E-state index in [9.17, 15) is 13.2 Å². The van der Waals surface area contributed by atoms with Crippen LogP contribution in [-0.2, 0) is 14.8 Å². The maximum atomic E-state index is 12.6. The average Bonchev–Trinajstić information content (AvgIpc) is 3.09. The number of allylic oxidation sites excluding steroid dienone is 2. The minimum Gasteiger partial charge on any atom is -0.324 e. The van der Waals surface area contributed by atoms with E-state index in [0.717, 1.165) is 18.4 Å². The molecule has 0 fully saturated rings. The topological polar surface area (TPSA) is 75.3 Å². The van der Waals surface area contributed by atoms with Crippen molar-refractivity contribution in [2.75, 3.05) is 10.0 Å². The van der Waals surface area contributed by atoms with Gasteiger partial charge >= 0.3 is 0 Å². The van der Waals surface area contributed by atoms with Crippen molar-refractivity contribution in [1.29, 1.82) is 0 Å². The lowest BCUT2D eigenvalue weighted by Crippen LogP contribution is -2.18. The zero-order chi connectivity index (χ0) is 18.6. The van der Waals surface area contributed by atoms with E-state index in [-0.39, 0.29) is 16.7 Å². The minimum atomic E-state index is -3.72. The number of hydrogen-bond acceptors (Lipinski definition) is 3. The van der Waals surface area contributed by atoms with Crippen molar-refractivity contribution in [1.82, 2.24) is 0 Å². The van der Waals surface area contributed by atoms with Crippen molar-refractivity contribution in [2.24, 2.45) is 5.92 Å². The first kappa shape index (κ1) is 18.2. The number of carbonyl (C=O) groups excluding carboxylic acids is 1. The first-order chi connectivity index (χ1) is 12.4. The third kappa shape index (κ3) is 4.52. The van der Waals surface area contributed by atoms with Crippen LogP contribution in [0.2, 0.25) is 0 Å². The molecule has 1 unspecified atom stereocenters. The molecular weight excluding hydrogens is 348 g/mol. The molecule has 0 heterocycles. The largest absolute Gasteiger partial charge is 0.324 e. The molecule has 1 aliphatic carbocycles. The zero-order valence-electron chi connectivity index (χ0n) is 14.6. The summed E-state index contributed by atoms with van der Waals surface area (Å²) in [6.45, 7) is 1.90. The molecule has 26 heavy (non-hydrogen) atoms. The smallest absolute Gasteiger partial charge is 0.261 e. The van der Waals surface area contributed by atoms with E-state index in [1.807, 2.05) is 6.92 Å². The summed E-state index contributed by atoms with van der Waals surface area (Å²) in [5.74, 6) is 0.134. The van der Waals surface area contributed by atoms with Gasteiger partial charge in [-0.25, -0.2) is 8.42 Å². The van der Waals surface area contributed by atoms with E-state index in [1.54, 1.807) is 48.5 Å². The van der Waals surface area contributed by atoms with Crippen LogP contribution >= 0.6 is 0 Å². The molecule has 0 bridgehead atoms. The molecule has 2 N–H and O–H groups in total. The van der Waals surface area contributed by atoms with Crippen molar-refractivity contribution in [3.8, 4) is 0 Å². The second-order valence-electron chi connectivity index (χ2n) is 6.48. The SMILES string of the molecule is Cc1ccc(S(=O)(=O)Nc2ccccc2NC(=O)CC2C=CCC2)cc1. The van der Waals surface area contributed by atoms with Gasteiger partial charge in [0.05, 0.1) is 16.3 Å². The van der Waals surface area contributed by atoms with Crippen molar-refractivity contribution < 1.29 is 13.2 Å².